The first-order valence-electron chi connectivity index (χ1n) is 11.2. The first-order valence-corrected chi connectivity index (χ1v) is 11.6. The van der Waals surface area contributed by atoms with Crippen LogP contribution in [0.5, 0.6) is 0 Å². The molecular formula is C24H22ClFN6O2. The van der Waals surface area contributed by atoms with Gasteiger partial charge in [-0.2, -0.15) is 5.10 Å². The number of hydrogen-bond donors (Lipinski definition) is 0. The fraction of sp³-hybridized carbons (Fsp3) is 0.375. The second kappa shape index (κ2) is 8.33. The molecule has 1 saturated heterocycles. The zero-order valence-corrected chi connectivity index (χ0v) is 19.5. The van der Waals surface area contributed by atoms with Gasteiger partial charge >= 0.3 is 0 Å². The summed E-state index contributed by atoms with van der Waals surface area (Å²) in [6.07, 6.45) is 5.29. The lowest BCUT2D eigenvalue weighted by Gasteiger charge is -2.29. The second-order valence-electron chi connectivity index (χ2n) is 8.76. The Bertz CT molecular complexity index is 1410. The lowest BCUT2D eigenvalue weighted by molar-refractivity contribution is -0.145. The number of hydrogen-bond acceptors (Lipinski definition) is 7. The van der Waals surface area contributed by atoms with Crippen molar-refractivity contribution in [2.75, 3.05) is 13.2 Å². The van der Waals surface area contributed by atoms with Crippen LogP contribution < -0.4 is 0 Å². The van der Waals surface area contributed by atoms with Gasteiger partial charge in [0.05, 0.1) is 36.8 Å². The van der Waals surface area contributed by atoms with E-state index in [1.165, 1.54) is 6.07 Å². The van der Waals surface area contributed by atoms with E-state index in [0.717, 1.165) is 29.8 Å². The Labute approximate surface area is 200 Å². The molecule has 1 aliphatic carbocycles. The van der Waals surface area contributed by atoms with Gasteiger partial charge in [-0.1, -0.05) is 11.6 Å². The number of rotatable bonds is 4. The van der Waals surface area contributed by atoms with E-state index in [2.05, 4.69) is 20.1 Å². The maximum Gasteiger partial charge on any atom is 0.182 e. The molecular weight excluding hydrogens is 459 g/mol. The van der Waals surface area contributed by atoms with Gasteiger partial charge in [-0.15, -0.1) is 0 Å². The van der Waals surface area contributed by atoms with Crippen LogP contribution in [0.25, 0.3) is 22.4 Å². The summed E-state index contributed by atoms with van der Waals surface area (Å²) in [7, 11) is 0. The predicted molar refractivity (Wildman–Crippen MR) is 123 cm³/mol. The predicted octanol–water partition coefficient (Wildman–Crippen LogP) is 4.86. The van der Waals surface area contributed by atoms with Crippen LogP contribution >= 0.6 is 11.6 Å². The van der Waals surface area contributed by atoms with Gasteiger partial charge in [0.1, 0.15) is 29.2 Å². The van der Waals surface area contributed by atoms with Crippen molar-refractivity contribution in [1.82, 2.24) is 29.7 Å². The minimum absolute atomic E-state index is 0.273. The Morgan fingerprint density at radius 2 is 1.82 bits per heavy atom. The Balaban J connectivity index is 1.41. The fourth-order valence-corrected chi connectivity index (χ4v) is 4.23. The molecule has 6 rings (SSSR count). The van der Waals surface area contributed by atoms with Gasteiger partial charge in [-0.3, -0.25) is 4.68 Å². The molecule has 4 heterocycles. The van der Waals surface area contributed by atoms with Crippen molar-refractivity contribution in [3.8, 4) is 11.3 Å². The Kier molecular flexibility index (Phi) is 5.28. The maximum absolute atomic E-state index is 14.9. The molecule has 0 spiro atoms. The average Bonchev–Trinajstić information content (AvgIpc) is 3.56. The Morgan fingerprint density at radius 3 is 2.62 bits per heavy atom. The first-order chi connectivity index (χ1) is 16.5. The van der Waals surface area contributed by atoms with Crippen molar-refractivity contribution in [2.45, 2.75) is 44.9 Å². The van der Waals surface area contributed by atoms with E-state index in [0.29, 0.717) is 40.4 Å². The number of aromatic nitrogens is 6. The summed E-state index contributed by atoms with van der Waals surface area (Å²) in [6, 6.07) is 4.95. The molecule has 174 valence electrons. The molecule has 0 N–H and O–H groups in total. The van der Waals surface area contributed by atoms with Crippen molar-refractivity contribution >= 4 is 22.8 Å². The third kappa shape index (κ3) is 3.93. The summed E-state index contributed by atoms with van der Waals surface area (Å²) in [6.45, 7) is 4.40. The molecule has 2 aliphatic rings. The number of nitrogens with zero attached hydrogens (tertiary/aromatic N) is 6. The lowest BCUT2D eigenvalue weighted by Crippen LogP contribution is -2.27. The van der Waals surface area contributed by atoms with Gasteiger partial charge in [0.2, 0.25) is 0 Å². The van der Waals surface area contributed by atoms with Crippen molar-refractivity contribution < 1.29 is 13.9 Å². The van der Waals surface area contributed by atoms with E-state index in [9.17, 15) is 4.39 Å². The molecule has 2 unspecified atom stereocenters. The highest BCUT2D eigenvalue weighted by molar-refractivity contribution is 6.30. The number of fused-ring (bicyclic) bond motifs is 1. The fourth-order valence-electron chi connectivity index (χ4n) is 4.07. The van der Waals surface area contributed by atoms with Crippen LogP contribution in [0.4, 0.5) is 4.39 Å². The zero-order valence-electron chi connectivity index (χ0n) is 18.7. The topological polar surface area (TPSA) is 87.8 Å². The van der Waals surface area contributed by atoms with Crippen LogP contribution in [-0.4, -0.2) is 42.9 Å². The molecule has 1 aromatic carbocycles. The van der Waals surface area contributed by atoms with Crippen LogP contribution in [-0.2, 0) is 9.47 Å². The van der Waals surface area contributed by atoms with Crippen molar-refractivity contribution in [1.29, 1.82) is 0 Å². The molecule has 0 amide bonds. The summed E-state index contributed by atoms with van der Waals surface area (Å²) in [5.41, 5.74) is 3.84. The highest BCUT2D eigenvalue weighted by Gasteiger charge is 2.31. The van der Waals surface area contributed by atoms with Gasteiger partial charge < -0.3 is 9.47 Å². The molecule has 0 bridgehead atoms. The summed E-state index contributed by atoms with van der Waals surface area (Å²) in [5.74, 6) is -0.127. The minimum Gasteiger partial charge on any atom is -0.375 e. The third-order valence-corrected chi connectivity index (χ3v) is 6.45. The summed E-state index contributed by atoms with van der Waals surface area (Å²) < 4.78 is 29.1. The van der Waals surface area contributed by atoms with Crippen LogP contribution in [0.1, 0.15) is 53.9 Å². The van der Waals surface area contributed by atoms with Crippen LogP contribution in [0.2, 0.25) is 5.02 Å². The summed E-state index contributed by atoms with van der Waals surface area (Å²) >= 11 is 5.98. The van der Waals surface area contributed by atoms with E-state index in [-0.39, 0.29) is 18.3 Å². The summed E-state index contributed by atoms with van der Waals surface area (Å²) in [5, 5.41) is 4.76. The lowest BCUT2D eigenvalue weighted by atomic mass is 10.1. The van der Waals surface area contributed by atoms with Gasteiger partial charge in [0.15, 0.2) is 11.5 Å². The molecule has 4 aromatic rings. The molecule has 10 heteroatoms. The summed E-state index contributed by atoms with van der Waals surface area (Å²) in [4.78, 5) is 18.6. The maximum atomic E-state index is 14.9. The van der Waals surface area contributed by atoms with Gasteiger partial charge in [0, 0.05) is 22.3 Å². The van der Waals surface area contributed by atoms with Crippen molar-refractivity contribution in [3.63, 3.8) is 0 Å². The van der Waals surface area contributed by atoms with Crippen LogP contribution in [0, 0.1) is 19.7 Å². The minimum atomic E-state index is -0.551. The highest BCUT2D eigenvalue weighted by atomic mass is 35.5. The number of benzene rings is 1. The van der Waals surface area contributed by atoms with Crippen molar-refractivity contribution in [2.24, 2.45) is 0 Å². The Hall–Kier alpha value is -3.01. The Morgan fingerprint density at radius 1 is 1.03 bits per heavy atom. The SMILES string of the molecule is Cc1nc2nc(C3COCC(c4cnn(C5CC5)c4)O3)nc(-c3ccc(Cl)cc3F)c2nc1C. The standard InChI is InChI=1S/C24H22ClFN6O2/c1-12-13(2)29-24-22(28-12)21(17-6-3-15(25)7-18(17)26)30-23(31-24)20-11-33-10-19(34-20)14-8-27-32(9-14)16-4-5-16/h3,6-9,16,19-20H,4-5,10-11H2,1-2H3. The van der Waals surface area contributed by atoms with E-state index in [1.54, 1.807) is 12.1 Å². The smallest absolute Gasteiger partial charge is 0.182 e. The number of aryl methyl sites for hydroxylation is 2. The molecule has 1 saturated carbocycles. The normalized spacial score (nSPS) is 20.7. The first kappa shape index (κ1) is 21.5. The molecule has 2 atom stereocenters. The van der Waals surface area contributed by atoms with E-state index < -0.39 is 11.9 Å². The van der Waals surface area contributed by atoms with Gasteiger partial charge in [0.25, 0.3) is 0 Å². The van der Waals surface area contributed by atoms with Crippen molar-refractivity contribution in [3.05, 3.63) is 64.2 Å². The molecule has 2 fully saturated rings. The largest absolute Gasteiger partial charge is 0.375 e. The van der Waals surface area contributed by atoms with E-state index in [1.807, 2.05) is 30.9 Å². The monoisotopic (exact) mass is 480 g/mol. The second-order valence-corrected chi connectivity index (χ2v) is 9.19. The van der Waals surface area contributed by atoms with E-state index >= 15 is 0 Å². The quantitative estimate of drug-likeness (QED) is 0.412. The third-order valence-electron chi connectivity index (χ3n) is 6.22. The average molecular weight is 481 g/mol. The molecule has 0 radical (unpaired) electrons. The van der Waals surface area contributed by atoms with Crippen LogP contribution in [0.15, 0.2) is 30.6 Å². The van der Waals surface area contributed by atoms with E-state index in [4.69, 9.17) is 26.1 Å². The van der Waals surface area contributed by atoms with Gasteiger partial charge in [-0.05, 0) is 44.9 Å². The van der Waals surface area contributed by atoms with Crippen LogP contribution in [0.3, 0.4) is 0 Å². The molecule has 1 aliphatic heterocycles. The number of halogens is 2. The molecule has 34 heavy (non-hydrogen) atoms. The molecule has 3 aromatic heterocycles. The molecule has 8 nitrogen and oxygen atoms in total. The number of ether oxygens (including phenoxy) is 2. The zero-order chi connectivity index (χ0) is 23.4. The highest BCUT2D eigenvalue weighted by Crippen LogP contribution is 2.37. The van der Waals surface area contributed by atoms with Gasteiger partial charge in [-0.25, -0.2) is 24.3 Å².